The van der Waals surface area contributed by atoms with Gasteiger partial charge in [0.25, 0.3) is 0 Å². The number of ether oxygens (including phenoxy) is 1. The Morgan fingerprint density at radius 2 is 1.71 bits per heavy atom. The molecule has 0 radical (unpaired) electrons. The molecule has 0 spiro atoms. The fourth-order valence-electron chi connectivity index (χ4n) is 3.03. The summed E-state index contributed by atoms with van der Waals surface area (Å²) in [5.41, 5.74) is 3.57. The van der Waals surface area contributed by atoms with Crippen LogP contribution in [0.1, 0.15) is 10.4 Å². The molecule has 0 fully saturated rings. The summed E-state index contributed by atoms with van der Waals surface area (Å²) in [7, 11) is 1.38. The SMILES string of the molecule is COC(=O)c1ccccc1-c1ccc(Cl)c2oc3ccccc3c12. The van der Waals surface area contributed by atoms with Gasteiger partial charge >= 0.3 is 5.97 Å². The summed E-state index contributed by atoms with van der Waals surface area (Å²) in [5.74, 6) is -0.374. The van der Waals surface area contributed by atoms with E-state index in [1.165, 1.54) is 7.11 Å². The molecule has 1 aromatic heterocycles. The number of carbonyl (C=O) groups is 1. The third-order valence-corrected chi connectivity index (χ3v) is 4.40. The molecular formula is C20H13ClO3. The van der Waals surface area contributed by atoms with Crippen molar-refractivity contribution in [3.05, 3.63) is 71.2 Å². The molecule has 0 aliphatic rings. The normalized spacial score (nSPS) is 11.1. The minimum atomic E-state index is -0.374. The second-order valence-corrected chi connectivity index (χ2v) is 5.84. The molecule has 0 saturated carbocycles. The lowest BCUT2D eigenvalue weighted by Gasteiger charge is -2.09. The molecule has 1 heterocycles. The lowest BCUT2D eigenvalue weighted by atomic mass is 9.95. The fraction of sp³-hybridized carbons (Fsp3) is 0.0500. The molecule has 0 N–H and O–H groups in total. The molecule has 4 aromatic rings. The van der Waals surface area contributed by atoms with Crippen molar-refractivity contribution in [1.82, 2.24) is 0 Å². The number of esters is 1. The fourth-order valence-corrected chi connectivity index (χ4v) is 3.22. The Bertz CT molecular complexity index is 1080. The molecule has 118 valence electrons. The molecule has 4 heteroatoms. The van der Waals surface area contributed by atoms with Gasteiger partial charge in [-0.15, -0.1) is 0 Å². The van der Waals surface area contributed by atoms with Gasteiger partial charge in [-0.25, -0.2) is 4.79 Å². The highest BCUT2D eigenvalue weighted by molar-refractivity contribution is 6.36. The zero-order chi connectivity index (χ0) is 16.7. The number of hydrogen-bond acceptors (Lipinski definition) is 3. The molecule has 24 heavy (non-hydrogen) atoms. The van der Waals surface area contributed by atoms with Crippen molar-refractivity contribution in [2.75, 3.05) is 7.11 Å². The Hall–Kier alpha value is -2.78. The number of rotatable bonds is 2. The first-order chi connectivity index (χ1) is 11.7. The number of furan rings is 1. The molecule has 3 nitrogen and oxygen atoms in total. The Kier molecular flexibility index (Phi) is 3.51. The first-order valence-electron chi connectivity index (χ1n) is 7.48. The summed E-state index contributed by atoms with van der Waals surface area (Å²) in [5, 5.41) is 2.40. The number of hydrogen-bond donors (Lipinski definition) is 0. The minimum Gasteiger partial charge on any atom is -0.465 e. The highest BCUT2D eigenvalue weighted by Gasteiger charge is 2.19. The second kappa shape index (κ2) is 5.69. The van der Waals surface area contributed by atoms with E-state index in [-0.39, 0.29) is 5.97 Å². The van der Waals surface area contributed by atoms with Crippen LogP contribution in [-0.4, -0.2) is 13.1 Å². The van der Waals surface area contributed by atoms with Crippen molar-refractivity contribution < 1.29 is 13.9 Å². The minimum absolute atomic E-state index is 0.374. The zero-order valence-corrected chi connectivity index (χ0v) is 13.6. The van der Waals surface area contributed by atoms with E-state index < -0.39 is 0 Å². The van der Waals surface area contributed by atoms with E-state index in [1.54, 1.807) is 12.1 Å². The summed E-state index contributed by atoms with van der Waals surface area (Å²) in [6, 6.07) is 18.8. The molecule has 0 bridgehead atoms. The van der Waals surface area contributed by atoms with Gasteiger partial charge in [0.2, 0.25) is 0 Å². The second-order valence-electron chi connectivity index (χ2n) is 5.43. The summed E-state index contributed by atoms with van der Waals surface area (Å²) in [6.07, 6.45) is 0. The largest absolute Gasteiger partial charge is 0.465 e. The van der Waals surface area contributed by atoms with Gasteiger partial charge in [-0.1, -0.05) is 54.1 Å². The van der Waals surface area contributed by atoms with Gasteiger partial charge < -0.3 is 9.15 Å². The maximum absolute atomic E-state index is 12.1. The maximum Gasteiger partial charge on any atom is 0.338 e. The molecule has 4 rings (SSSR count). The highest BCUT2D eigenvalue weighted by atomic mass is 35.5. The van der Waals surface area contributed by atoms with Crippen LogP contribution in [0.2, 0.25) is 5.02 Å². The van der Waals surface area contributed by atoms with Crippen molar-refractivity contribution >= 4 is 39.5 Å². The van der Waals surface area contributed by atoms with Crippen molar-refractivity contribution in [3.8, 4) is 11.1 Å². The van der Waals surface area contributed by atoms with Crippen LogP contribution in [0.5, 0.6) is 0 Å². The van der Waals surface area contributed by atoms with E-state index in [1.807, 2.05) is 48.5 Å². The zero-order valence-electron chi connectivity index (χ0n) is 12.9. The van der Waals surface area contributed by atoms with E-state index in [0.717, 1.165) is 27.5 Å². The highest BCUT2D eigenvalue weighted by Crippen LogP contribution is 2.40. The Morgan fingerprint density at radius 1 is 0.958 bits per heavy atom. The third kappa shape index (κ3) is 2.17. The summed E-state index contributed by atoms with van der Waals surface area (Å²) in [6.45, 7) is 0. The van der Waals surface area contributed by atoms with E-state index in [2.05, 4.69) is 0 Å². The predicted octanol–water partition coefficient (Wildman–Crippen LogP) is 5.69. The van der Waals surface area contributed by atoms with Crippen LogP contribution in [0.25, 0.3) is 33.1 Å². The Labute approximate surface area is 143 Å². The lowest BCUT2D eigenvalue weighted by Crippen LogP contribution is -2.03. The van der Waals surface area contributed by atoms with Gasteiger partial charge in [0, 0.05) is 10.8 Å². The molecule has 0 unspecified atom stereocenters. The molecule has 0 atom stereocenters. The lowest BCUT2D eigenvalue weighted by molar-refractivity contribution is 0.0601. The van der Waals surface area contributed by atoms with Crippen molar-refractivity contribution in [2.45, 2.75) is 0 Å². The number of benzene rings is 3. The van der Waals surface area contributed by atoms with Crippen molar-refractivity contribution in [1.29, 1.82) is 0 Å². The van der Waals surface area contributed by atoms with E-state index >= 15 is 0 Å². The van der Waals surface area contributed by atoms with Gasteiger partial charge in [0.15, 0.2) is 5.58 Å². The van der Waals surface area contributed by atoms with Gasteiger partial charge in [-0.3, -0.25) is 0 Å². The Balaban J connectivity index is 2.13. The molecule has 0 saturated heterocycles. The van der Waals surface area contributed by atoms with Crippen LogP contribution in [0.15, 0.2) is 65.1 Å². The first kappa shape index (κ1) is 14.8. The quantitative estimate of drug-likeness (QED) is 0.441. The van der Waals surface area contributed by atoms with Gasteiger partial charge in [0.05, 0.1) is 17.7 Å². The number of halogens is 1. The van der Waals surface area contributed by atoms with Crippen LogP contribution >= 0.6 is 11.6 Å². The van der Waals surface area contributed by atoms with E-state index in [4.69, 9.17) is 20.8 Å². The molecule has 0 aliphatic carbocycles. The predicted molar refractivity (Wildman–Crippen MR) is 95.5 cm³/mol. The number of methoxy groups -OCH3 is 1. The molecule has 0 aliphatic heterocycles. The monoisotopic (exact) mass is 336 g/mol. The number of fused-ring (bicyclic) bond motifs is 3. The topological polar surface area (TPSA) is 39.4 Å². The Morgan fingerprint density at radius 3 is 2.54 bits per heavy atom. The van der Waals surface area contributed by atoms with Crippen LogP contribution in [0, 0.1) is 0 Å². The summed E-state index contributed by atoms with van der Waals surface area (Å²) in [4.78, 5) is 12.1. The van der Waals surface area contributed by atoms with E-state index in [9.17, 15) is 4.79 Å². The average Bonchev–Trinajstić information content (AvgIpc) is 3.02. The van der Waals surface area contributed by atoms with Gasteiger partial charge in [0.1, 0.15) is 5.58 Å². The maximum atomic E-state index is 12.1. The summed E-state index contributed by atoms with van der Waals surface area (Å²) < 4.78 is 10.8. The van der Waals surface area contributed by atoms with Crippen molar-refractivity contribution in [2.24, 2.45) is 0 Å². The van der Waals surface area contributed by atoms with E-state index in [0.29, 0.717) is 16.2 Å². The summed E-state index contributed by atoms with van der Waals surface area (Å²) >= 11 is 6.33. The van der Waals surface area contributed by atoms with Gasteiger partial charge in [-0.05, 0) is 29.3 Å². The van der Waals surface area contributed by atoms with Crippen molar-refractivity contribution in [3.63, 3.8) is 0 Å². The average molecular weight is 337 g/mol. The molecule has 3 aromatic carbocycles. The van der Waals surface area contributed by atoms with Crippen LogP contribution in [0.3, 0.4) is 0 Å². The molecular weight excluding hydrogens is 324 g/mol. The molecule has 0 amide bonds. The van der Waals surface area contributed by atoms with Crippen LogP contribution in [0.4, 0.5) is 0 Å². The smallest absolute Gasteiger partial charge is 0.338 e. The number of carbonyl (C=O) groups excluding carboxylic acids is 1. The van der Waals surface area contributed by atoms with Gasteiger partial charge in [-0.2, -0.15) is 0 Å². The van der Waals surface area contributed by atoms with Crippen LogP contribution in [-0.2, 0) is 4.74 Å². The number of para-hydroxylation sites is 1. The first-order valence-corrected chi connectivity index (χ1v) is 7.86. The van der Waals surface area contributed by atoms with Crippen LogP contribution < -0.4 is 0 Å². The standard InChI is InChI=1S/C20H13ClO3/c1-23-20(22)14-7-3-2-6-12(14)13-10-11-16(21)19-18(13)15-8-4-5-9-17(15)24-19/h2-11H,1H3. The third-order valence-electron chi connectivity index (χ3n) is 4.10.